The van der Waals surface area contributed by atoms with Gasteiger partial charge in [0, 0.05) is 11.6 Å². The molecule has 188 valence electrons. The van der Waals surface area contributed by atoms with E-state index < -0.39 is 23.5 Å². The number of ketones is 1. The summed E-state index contributed by atoms with van der Waals surface area (Å²) >= 11 is 0. The van der Waals surface area contributed by atoms with E-state index in [1.807, 2.05) is 13.0 Å². The number of hydrogen-bond acceptors (Lipinski definition) is 6. The highest BCUT2D eigenvalue weighted by Gasteiger charge is 2.35. The number of aromatic nitrogens is 2. The summed E-state index contributed by atoms with van der Waals surface area (Å²) in [6, 6.07) is 7.78. The lowest BCUT2D eigenvalue weighted by atomic mass is 9.83. The van der Waals surface area contributed by atoms with Crippen LogP contribution in [0.25, 0.3) is 0 Å². The van der Waals surface area contributed by atoms with Crippen LogP contribution in [0.1, 0.15) is 85.8 Å². The monoisotopic (exact) mass is 482 g/mol. The third-order valence-electron chi connectivity index (χ3n) is 6.88. The normalized spacial score (nSPS) is 20.7. The first-order valence-electron chi connectivity index (χ1n) is 12.7. The third kappa shape index (κ3) is 6.46. The average molecular weight is 483 g/mol. The summed E-state index contributed by atoms with van der Waals surface area (Å²) in [4.78, 5) is 51.4. The molecule has 4 rings (SSSR count). The molecule has 0 radical (unpaired) electrons. The van der Waals surface area contributed by atoms with Crippen LogP contribution in [0.5, 0.6) is 0 Å². The largest absolute Gasteiger partial charge is 0.437 e. The Labute approximate surface area is 204 Å². The molecule has 0 bridgehead atoms. The molecule has 2 amide bonds. The molecule has 1 heterocycles. The van der Waals surface area contributed by atoms with Crippen molar-refractivity contribution in [2.45, 2.75) is 83.3 Å². The van der Waals surface area contributed by atoms with Crippen LogP contribution in [0.15, 0.2) is 39.5 Å². The molecule has 9 nitrogen and oxygen atoms in total. The van der Waals surface area contributed by atoms with Gasteiger partial charge in [-0.2, -0.15) is 4.68 Å². The highest BCUT2D eigenvalue weighted by molar-refractivity contribution is 5.99. The highest BCUT2D eigenvalue weighted by Crippen LogP contribution is 2.30. The number of Topliss-reactive ketones (excluding diaryl/α,β-unsaturated/α-hetero) is 1. The minimum atomic E-state index is -0.831. The maximum Gasteiger partial charge on any atom is 0.437 e. The topological polar surface area (TPSA) is 123 Å². The standard InChI is InChI=1S/C26H34N4O5/c1-2-3-12-21(22(31)25-29-30(26(34)35-25)16-17-14-15-17)28-24(33)19-11-7-8-13-20(19)27-23(32)18-9-5-4-6-10-18/h4-6,9-10,17,19-21H,2-3,7-8,11-16H2,1H3,(H,27,32)(H,28,33)/t19-,20+,21+/m1/s1. The molecule has 3 atom stereocenters. The molecule has 0 saturated heterocycles. The number of unbranched alkanes of at least 4 members (excludes halogenated alkanes) is 1. The van der Waals surface area contributed by atoms with Crippen LogP contribution in [0.2, 0.25) is 0 Å². The number of amides is 2. The van der Waals surface area contributed by atoms with Gasteiger partial charge in [-0.1, -0.05) is 50.8 Å². The fraction of sp³-hybridized carbons (Fsp3) is 0.577. The van der Waals surface area contributed by atoms with Crippen molar-refractivity contribution in [1.82, 2.24) is 20.4 Å². The molecule has 2 saturated carbocycles. The van der Waals surface area contributed by atoms with Crippen molar-refractivity contribution in [3.63, 3.8) is 0 Å². The highest BCUT2D eigenvalue weighted by atomic mass is 16.4. The molecular formula is C26H34N4O5. The van der Waals surface area contributed by atoms with Gasteiger partial charge in [0.15, 0.2) is 0 Å². The second-order valence-corrected chi connectivity index (χ2v) is 9.70. The Morgan fingerprint density at radius 2 is 1.86 bits per heavy atom. The van der Waals surface area contributed by atoms with Crippen LogP contribution in [0, 0.1) is 11.8 Å². The molecule has 2 fully saturated rings. The van der Waals surface area contributed by atoms with Crippen LogP contribution in [0.3, 0.4) is 0 Å². The van der Waals surface area contributed by atoms with Gasteiger partial charge in [-0.15, -0.1) is 5.10 Å². The van der Waals surface area contributed by atoms with Crippen molar-refractivity contribution in [2.24, 2.45) is 11.8 Å². The molecule has 2 aromatic rings. The molecule has 1 aromatic carbocycles. The van der Waals surface area contributed by atoms with Gasteiger partial charge in [-0.3, -0.25) is 14.4 Å². The Kier molecular flexibility index (Phi) is 8.15. The van der Waals surface area contributed by atoms with Crippen molar-refractivity contribution < 1.29 is 18.8 Å². The van der Waals surface area contributed by atoms with Crippen LogP contribution in [-0.4, -0.2) is 39.5 Å². The van der Waals surface area contributed by atoms with E-state index in [0.29, 0.717) is 37.3 Å². The quantitative estimate of drug-likeness (QED) is 0.475. The zero-order valence-corrected chi connectivity index (χ0v) is 20.2. The molecule has 2 N–H and O–H groups in total. The number of nitrogens with zero attached hydrogens (tertiary/aromatic N) is 2. The lowest BCUT2D eigenvalue weighted by Gasteiger charge is -2.32. The first-order valence-corrected chi connectivity index (χ1v) is 12.7. The zero-order chi connectivity index (χ0) is 24.8. The smallest absolute Gasteiger partial charge is 0.384 e. The van der Waals surface area contributed by atoms with Gasteiger partial charge < -0.3 is 15.1 Å². The maximum absolute atomic E-state index is 13.3. The molecule has 1 aromatic heterocycles. The predicted molar refractivity (Wildman–Crippen MR) is 129 cm³/mol. The van der Waals surface area contributed by atoms with Crippen molar-refractivity contribution in [3.8, 4) is 0 Å². The first kappa shape index (κ1) is 24.9. The van der Waals surface area contributed by atoms with Gasteiger partial charge in [-0.25, -0.2) is 4.79 Å². The summed E-state index contributed by atoms with van der Waals surface area (Å²) in [6.07, 6.45) is 7.21. The Morgan fingerprint density at radius 3 is 2.57 bits per heavy atom. The summed E-state index contributed by atoms with van der Waals surface area (Å²) in [7, 11) is 0. The fourth-order valence-corrected chi connectivity index (χ4v) is 4.63. The van der Waals surface area contributed by atoms with Crippen LogP contribution in [0.4, 0.5) is 0 Å². The Bertz CT molecular complexity index is 1090. The van der Waals surface area contributed by atoms with E-state index in [2.05, 4.69) is 15.7 Å². The molecule has 0 spiro atoms. The predicted octanol–water partition coefficient (Wildman–Crippen LogP) is 3.09. The summed E-state index contributed by atoms with van der Waals surface area (Å²) in [5.74, 6) is -1.89. The van der Waals surface area contributed by atoms with Crippen molar-refractivity contribution in [3.05, 3.63) is 52.3 Å². The summed E-state index contributed by atoms with van der Waals surface area (Å²) in [6.45, 7) is 2.45. The van der Waals surface area contributed by atoms with E-state index in [1.54, 1.807) is 24.3 Å². The Balaban J connectivity index is 1.44. The Morgan fingerprint density at radius 1 is 1.11 bits per heavy atom. The van der Waals surface area contributed by atoms with E-state index in [0.717, 1.165) is 38.5 Å². The molecule has 0 aliphatic heterocycles. The summed E-state index contributed by atoms with van der Waals surface area (Å²) < 4.78 is 6.36. The third-order valence-corrected chi connectivity index (χ3v) is 6.88. The molecule has 2 aliphatic rings. The van der Waals surface area contributed by atoms with Crippen LogP contribution < -0.4 is 16.4 Å². The second-order valence-electron chi connectivity index (χ2n) is 9.70. The van der Waals surface area contributed by atoms with Gasteiger partial charge in [0.05, 0.1) is 18.5 Å². The number of benzene rings is 1. The average Bonchev–Trinajstić information content (AvgIpc) is 3.62. The molecule has 9 heteroatoms. The van der Waals surface area contributed by atoms with Crippen LogP contribution >= 0.6 is 0 Å². The van der Waals surface area contributed by atoms with Gasteiger partial charge in [0.2, 0.25) is 11.7 Å². The van der Waals surface area contributed by atoms with Crippen molar-refractivity contribution in [2.75, 3.05) is 0 Å². The number of rotatable bonds is 11. The zero-order valence-electron chi connectivity index (χ0n) is 20.2. The Hall–Kier alpha value is -3.23. The number of carbonyl (C=O) groups is 3. The van der Waals surface area contributed by atoms with E-state index in [-0.39, 0.29) is 23.7 Å². The van der Waals surface area contributed by atoms with Crippen LogP contribution in [-0.2, 0) is 11.3 Å². The SMILES string of the molecule is CCCC[C@H](NC(=O)[C@@H]1CCCC[C@@H]1NC(=O)c1ccccc1)C(=O)c1nn(CC2CC2)c(=O)o1. The van der Waals surface area contributed by atoms with Crippen molar-refractivity contribution in [1.29, 1.82) is 0 Å². The lowest BCUT2D eigenvalue weighted by molar-refractivity contribution is -0.127. The summed E-state index contributed by atoms with van der Waals surface area (Å²) in [5, 5.41) is 10.0. The van der Waals surface area contributed by atoms with E-state index in [9.17, 15) is 19.2 Å². The van der Waals surface area contributed by atoms with E-state index >= 15 is 0 Å². The second kappa shape index (κ2) is 11.5. The van der Waals surface area contributed by atoms with Crippen molar-refractivity contribution >= 4 is 17.6 Å². The molecule has 2 aliphatic carbocycles. The molecular weight excluding hydrogens is 448 g/mol. The minimum absolute atomic E-state index is 0.211. The lowest BCUT2D eigenvalue weighted by Crippen LogP contribution is -2.51. The summed E-state index contributed by atoms with van der Waals surface area (Å²) in [5.41, 5.74) is 0.546. The van der Waals surface area contributed by atoms with Gasteiger partial charge >= 0.3 is 5.76 Å². The van der Waals surface area contributed by atoms with Gasteiger partial charge in [0.25, 0.3) is 11.8 Å². The minimum Gasteiger partial charge on any atom is -0.384 e. The number of hydrogen-bond donors (Lipinski definition) is 2. The van der Waals surface area contributed by atoms with Gasteiger partial charge in [0.1, 0.15) is 0 Å². The molecule has 35 heavy (non-hydrogen) atoms. The van der Waals surface area contributed by atoms with E-state index in [4.69, 9.17) is 4.42 Å². The number of carbonyl (C=O) groups excluding carboxylic acids is 3. The first-order chi connectivity index (χ1) is 17.0. The number of nitrogens with one attached hydrogen (secondary N) is 2. The molecule has 0 unspecified atom stereocenters. The fourth-order valence-electron chi connectivity index (χ4n) is 4.63. The van der Waals surface area contributed by atoms with E-state index in [1.165, 1.54) is 4.68 Å². The maximum atomic E-state index is 13.3. The van der Waals surface area contributed by atoms with Gasteiger partial charge in [-0.05, 0) is 50.2 Å².